The van der Waals surface area contributed by atoms with Gasteiger partial charge in [0, 0.05) is 29.3 Å². The molecule has 156 valence electrons. The number of carbonyl (C=O) groups excluding carboxylic acids is 2. The Bertz CT molecular complexity index is 984. The van der Waals surface area contributed by atoms with Crippen molar-refractivity contribution in [2.45, 2.75) is 12.0 Å². The van der Waals surface area contributed by atoms with Gasteiger partial charge in [-0.05, 0) is 24.3 Å². The number of halogens is 2. The highest BCUT2D eigenvalue weighted by atomic mass is 19.1. The van der Waals surface area contributed by atoms with Crippen LogP contribution >= 0.6 is 0 Å². The van der Waals surface area contributed by atoms with Crippen LogP contribution in [-0.4, -0.2) is 43.8 Å². The highest BCUT2D eigenvalue weighted by Crippen LogP contribution is 2.34. The van der Waals surface area contributed by atoms with Crippen molar-refractivity contribution in [2.75, 3.05) is 26.1 Å². The predicted octanol–water partition coefficient (Wildman–Crippen LogP) is 2.52. The van der Waals surface area contributed by atoms with Crippen LogP contribution in [0.2, 0.25) is 0 Å². The van der Waals surface area contributed by atoms with E-state index in [1.54, 1.807) is 0 Å². The van der Waals surface area contributed by atoms with Gasteiger partial charge in [-0.15, -0.1) is 0 Å². The summed E-state index contributed by atoms with van der Waals surface area (Å²) in [7, 11) is 2.52. The molecule has 3 amide bonds. The van der Waals surface area contributed by atoms with Crippen molar-refractivity contribution < 1.29 is 27.9 Å². The molecule has 2 N–H and O–H groups in total. The third-order valence-corrected chi connectivity index (χ3v) is 4.71. The number of benzene rings is 2. The van der Waals surface area contributed by atoms with Crippen LogP contribution in [0.3, 0.4) is 0 Å². The minimum atomic E-state index is -1.26. The number of anilines is 1. The molecule has 30 heavy (non-hydrogen) atoms. The Morgan fingerprint density at radius 2 is 1.83 bits per heavy atom. The van der Waals surface area contributed by atoms with Gasteiger partial charge >= 0.3 is 6.03 Å². The fourth-order valence-corrected chi connectivity index (χ4v) is 3.26. The monoisotopic (exact) mass is 416 g/mol. The lowest BCUT2D eigenvalue weighted by Gasteiger charge is -2.20. The Morgan fingerprint density at radius 3 is 2.37 bits per heavy atom. The topological polar surface area (TPSA) is 104 Å². The van der Waals surface area contributed by atoms with E-state index in [2.05, 4.69) is 10.6 Å². The van der Waals surface area contributed by atoms with E-state index < -0.39 is 35.5 Å². The summed E-state index contributed by atoms with van der Waals surface area (Å²) in [5.74, 6) is -3.49. The van der Waals surface area contributed by atoms with Crippen LogP contribution < -0.4 is 15.4 Å². The summed E-state index contributed by atoms with van der Waals surface area (Å²) < 4.78 is 34.0. The van der Waals surface area contributed by atoms with Gasteiger partial charge in [-0.3, -0.25) is 9.63 Å². The molecule has 1 aliphatic rings. The maximum absolute atomic E-state index is 14.6. The Balaban J connectivity index is 1.84. The van der Waals surface area contributed by atoms with Crippen molar-refractivity contribution in [2.24, 2.45) is 0 Å². The molecule has 0 unspecified atom stereocenters. The second-order valence-corrected chi connectivity index (χ2v) is 6.46. The van der Waals surface area contributed by atoms with E-state index in [9.17, 15) is 18.4 Å². The molecule has 1 aliphatic heterocycles. The van der Waals surface area contributed by atoms with Crippen LogP contribution in [0.15, 0.2) is 36.4 Å². The van der Waals surface area contributed by atoms with Gasteiger partial charge < -0.3 is 15.4 Å². The minimum absolute atomic E-state index is 0.00950. The van der Waals surface area contributed by atoms with E-state index in [4.69, 9.17) is 14.8 Å². The van der Waals surface area contributed by atoms with Crippen LogP contribution in [0.4, 0.5) is 19.3 Å². The summed E-state index contributed by atoms with van der Waals surface area (Å²) in [6, 6.07) is 7.98. The molecule has 0 aliphatic carbocycles. The number of amides is 3. The third-order valence-electron chi connectivity index (χ3n) is 4.71. The number of nitrogens with one attached hydrogen (secondary N) is 2. The molecule has 2 aromatic carbocycles. The minimum Gasteiger partial charge on any atom is -0.497 e. The van der Waals surface area contributed by atoms with Crippen molar-refractivity contribution in [3.8, 4) is 11.8 Å². The van der Waals surface area contributed by atoms with Crippen molar-refractivity contribution >= 4 is 17.6 Å². The molecule has 2 atom stereocenters. The Hall–Kier alpha value is -3.71. The van der Waals surface area contributed by atoms with Gasteiger partial charge in [0.2, 0.25) is 0 Å². The second-order valence-electron chi connectivity index (χ2n) is 6.46. The number of ether oxygens (including phenoxy) is 1. The molecule has 0 aromatic heterocycles. The molecule has 2 aromatic rings. The number of nitrogens with zero attached hydrogens (tertiary/aromatic N) is 2. The summed E-state index contributed by atoms with van der Waals surface area (Å²) in [6.07, 6.45) is 0. The number of hydrogen-bond donors (Lipinski definition) is 2. The van der Waals surface area contributed by atoms with Crippen molar-refractivity contribution in [3.63, 3.8) is 0 Å². The number of hydroxylamine groups is 2. The maximum atomic E-state index is 14.6. The molecule has 1 saturated heterocycles. The zero-order chi connectivity index (χ0) is 21.8. The van der Waals surface area contributed by atoms with Crippen molar-refractivity contribution in [1.29, 1.82) is 5.26 Å². The van der Waals surface area contributed by atoms with Gasteiger partial charge in [0.05, 0.1) is 32.4 Å². The Kier molecular flexibility index (Phi) is 6.13. The molecule has 0 saturated carbocycles. The summed E-state index contributed by atoms with van der Waals surface area (Å²) >= 11 is 0. The van der Waals surface area contributed by atoms with E-state index in [0.29, 0.717) is 11.3 Å². The number of urea groups is 1. The average molecular weight is 416 g/mol. The van der Waals surface area contributed by atoms with Crippen LogP contribution in [0.25, 0.3) is 0 Å². The van der Waals surface area contributed by atoms with Gasteiger partial charge in [0.25, 0.3) is 5.91 Å². The second kappa shape index (κ2) is 8.75. The highest BCUT2D eigenvalue weighted by Gasteiger charge is 2.45. The number of rotatable bonds is 5. The quantitative estimate of drug-likeness (QED) is 0.780. The molecule has 0 spiro atoms. The first-order chi connectivity index (χ1) is 14.4. The standard InChI is InChI=1S/C20H18F2N4O4/c1-29-13-7-15(21)17(16(22)8-13)14-10-26(30-2)19(27)18(14)25-20(28)24-12-5-3-11(9-23)4-6-12/h3-8,14,18H,10H2,1-2H3,(H2,24,25,28)/t14-,18-/m0/s1. The van der Waals surface area contributed by atoms with E-state index >= 15 is 0 Å². The summed E-state index contributed by atoms with van der Waals surface area (Å²) in [5.41, 5.74) is 0.430. The van der Waals surface area contributed by atoms with Gasteiger partial charge in [0.15, 0.2) is 0 Å². The van der Waals surface area contributed by atoms with Gasteiger partial charge in [0.1, 0.15) is 23.4 Å². The predicted molar refractivity (Wildman–Crippen MR) is 101 cm³/mol. The average Bonchev–Trinajstić information content (AvgIpc) is 3.03. The lowest BCUT2D eigenvalue weighted by Crippen LogP contribution is -2.45. The summed E-state index contributed by atoms with van der Waals surface area (Å²) in [6.45, 7) is -0.155. The zero-order valence-corrected chi connectivity index (χ0v) is 16.1. The molecule has 1 heterocycles. The van der Waals surface area contributed by atoms with Gasteiger partial charge in [-0.1, -0.05) is 0 Å². The Labute approximate surface area is 170 Å². The van der Waals surface area contributed by atoms with Crippen molar-refractivity contribution in [1.82, 2.24) is 10.4 Å². The SMILES string of the molecule is COc1cc(F)c([C@@H]2CN(OC)C(=O)[C@H]2NC(=O)Nc2ccc(C#N)cc2)c(F)c1. The molecule has 10 heteroatoms. The fraction of sp³-hybridized carbons (Fsp3) is 0.250. The number of hydrogen-bond acceptors (Lipinski definition) is 5. The molecule has 0 radical (unpaired) electrons. The summed E-state index contributed by atoms with van der Waals surface area (Å²) in [4.78, 5) is 30.0. The first-order valence-corrected chi connectivity index (χ1v) is 8.84. The highest BCUT2D eigenvalue weighted by molar-refractivity contribution is 5.95. The van der Waals surface area contributed by atoms with Gasteiger partial charge in [-0.25, -0.2) is 18.6 Å². The fourth-order valence-electron chi connectivity index (χ4n) is 3.26. The van der Waals surface area contributed by atoms with E-state index in [1.807, 2.05) is 6.07 Å². The van der Waals surface area contributed by atoms with Crippen LogP contribution in [-0.2, 0) is 9.63 Å². The third kappa shape index (κ3) is 4.16. The first kappa shape index (κ1) is 21.0. The molecule has 3 rings (SSSR count). The van der Waals surface area contributed by atoms with Crippen LogP contribution in [0.1, 0.15) is 17.0 Å². The summed E-state index contributed by atoms with van der Waals surface area (Å²) in [5, 5.41) is 14.7. The molecule has 0 bridgehead atoms. The molecule has 1 fully saturated rings. The number of nitriles is 1. The van der Waals surface area contributed by atoms with Crippen molar-refractivity contribution in [3.05, 3.63) is 59.2 Å². The van der Waals surface area contributed by atoms with E-state index in [1.165, 1.54) is 38.5 Å². The molecular weight excluding hydrogens is 398 g/mol. The van der Waals surface area contributed by atoms with Crippen LogP contribution in [0, 0.1) is 23.0 Å². The smallest absolute Gasteiger partial charge is 0.319 e. The largest absolute Gasteiger partial charge is 0.497 e. The van der Waals surface area contributed by atoms with Gasteiger partial charge in [-0.2, -0.15) is 5.26 Å². The lowest BCUT2D eigenvalue weighted by atomic mass is 9.93. The first-order valence-electron chi connectivity index (χ1n) is 8.84. The van der Waals surface area contributed by atoms with E-state index in [-0.39, 0.29) is 17.9 Å². The van der Waals surface area contributed by atoms with E-state index in [0.717, 1.165) is 17.2 Å². The molecule has 8 nitrogen and oxygen atoms in total. The zero-order valence-electron chi connectivity index (χ0n) is 16.1. The number of carbonyl (C=O) groups is 2. The number of methoxy groups -OCH3 is 1. The normalized spacial score (nSPS) is 18.1. The molecular formula is C20H18F2N4O4. The lowest BCUT2D eigenvalue weighted by molar-refractivity contribution is -0.168. The van der Waals surface area contributed by atoms with Crippen LogP contribution in [0.5, 0.6) is 5.75 Å². The maximum Gasteiger partial charge on any atom is 0.319 e. The Morgan fingerprint density at radius 1 is 1.20 bits per heavy atom.